The predicted octanol–water partition coefficient (Wildman–Crippen LogP) is 2.40. The molecule has 0 aliphatic heterocycles. The lowest BCUT2D eigenvalue weighted by atomic mass is 10.3. The average molecular weight is 317 g/mol. The number of hydrogen-bond acceptors (Lipinski definition) is 4. The first-order chi connectivity index (χ1) is 10.4. The number of nitrogens with zero attached hydrogens (tertiary/aromatic N) is 2. The largest absolute Gasteiger partial charge is 0.336 e. The van der Waals surface area contributed by atoms with E-state index in [0.29, 0.717) is 12.2 Å². The predicted molar refractivity (Wildman–Crippen MR) is 88.0 cm³/mol. The molecule has 0 saturated carbocycles. The van der Waals surface area contributed by atoms with Crippen molar-refractivity contribution < 1.29 is 9.59 Å². The fourth-order valence-corrected chi connectivity index (χ4v) is 2.84. The molecule has 6 heteroatoms. The Kier molecular flexibility index (Phi) is 5.27. The minimum Gasteiger partial charge on any atom is -0.336 e. The molecule has 0 aliphatic rings. The Balaban J connectivity index is 1.86. The second kappa shape index (κ2) is 7.17. The molecule has 0 fully saturated rings. The molecule has 1 N–H and O–H groups in total. The molecular weight excluding hydrogens is 298 g/mol. The van der Waals surface area contributed by atoms with Gasteiger partial charge in [-0.25, -0.2) is 4.98 Å². The van der Waals surface area contributed by atoms with Crippen LogP contribution in [0, 0.1) is 13.8 Å². The molecule has 116 valence electrons. The number of amides is 2. The Morgan fingerprint density at radius 3 is 2.64 bits per heavy atom. The Hall–Kier alpha value is -2.21. The second-order valence-electron chi connectivity index (χ2n) is 5.15. The highest BCUT2D eigenvalue weighted by Gasteiger charge is 2.14. The van der Waals surface area contributed by atoms with Gasteiger partial charge in [0.1, 0.15) is 5.82 Å². The minimum atomic E-state index is -0.253. The molecule has 22 heavy (non-hydrogen) atoms. The van der Waals surface area contributed by atoms with Gasteiger partial charge >= 0.3 is 0 Å². The van der Waals surface area contributed by atoms with Gasteiger partial charge in [0.25, 0.3) is 0 Å². The van der Waals surface area contributed by atoms with E-state index in [1.54, 1.807) is 24.5 Å². The summed E-state index contributed by atoms with van der Waals surface area (Å²) in [5.41, 5.74) is 0.829. The number of carbonyl (C=O) groups is 2. The van der Waals surface area contributed by atoms with E-state index in [-0.39, 0.29) is 18.4 Å². The summed E-state index contributed by atoms with van der Waals surface area (Å²) in [5.74, 6) is 0.172. The third kappa shape index (κ3) is 4.66. The van der Waals surface area contributed by atoms with E-state index in [2.05, 4.69) is 10.3 Å². The zero-order chi connectivity index (χ0) is 16.1. The van der Waals surface area contributed by atoms with Crippen LogP contribution in [0.15, 0.2) is 30.3 Å². The van der Waals surface area contributed by atoms with E-state index in [1.165, 1.54) is 9.78 Å². The van der Waals surface area contributed by atoms with Gasteiger partial charge in [-0.05, 0) is 38.1 Å². The number of aromatic nitrogens is 1. The zero-order valence-electron chi connectivity index (χ0n) is 12.9. The molecule has 0 bridgehead atoms. The van der Waals surface area contributed by atoms with Crippen LogP contribution in [0.2, 0.25) is 0 Å². The molecule has 0 unspecified atom stereocenters. The normalized spacial score (nSPS) is 10.3. The first-order valence-electron chi connectivity index (χ1n) is 6.97. The molecule has 2 rings (SSSR count). The number of likely N-dealkylation sites (N-methyl/N-ethyl adjacent to an activating group) is 1. The van der Waals surface area contributed by atoms with E-state index in [0.717, 1.165) is 10.6 Å². The first kappa shape index (κ1) is 16.2. The lowest BCUT2D eigenvalue weighted by Crippen LogP contribution is -2.35. The van der Waals surface area contributed by atoms with Crippen molar-refractivity contribution in [3.05, 3.63) is 45.8 Å². The summed E-state index contributed by atoms with van der Waals surface area (Å²) >= 11 is 1.60. The number of thiophene rings is 1. The van der Waals surface area contributed by atoms with Crippen molar-refractivity contribution in [3.8, 4) is 0 Å². The van der Waals surface area contributed by atoms with Gasteiger partial charge in [-0.15, -0.1) is 11.3 Å². The van der Waals surface area contributed by atoms with Crippen molar-refractivity contribution in [2.75, 3.05) is 18.9 Å². The smallest absolute Gasteiger partial charge is 0.245 e. The zero-order valence-corrected chi connectivity index (χ0v) is 13.7. The SMILES string of the molecule is Cc1cccc(NC(=O)CN(C)C(=O)Cc2ccc(C)s2)n1. The lowest BCUT2D eigenvalue weighted by Gasteiger charge is -2.16. The van der Waals surface area contributed by atoms with Crippen LogP contribution in [0.25, 0.3) is 0 Å². The number of nitrogens with one attached hydrogen (secondary N) is 1. The first-order valence-corrected chi connectivity index (χ1v) is 7.78. The molecule has 0 spiro atoms. The van der Waals surface area contributed by atoms with Gasteiger partial charge in [0.15, 0.2) is 0 Å². The van der Waals surface area contributed by atoms with Crippen LogP contribution in [0.5, 0.6) is 0 Å². The molecule has 2 heterocycles. The van der Waals surface area contributed by atoms with Gasteiger partial charge in [0, 0.05) is 22.5 Å². The van der Waals surface area contributed by atoms with Crippen molar-refractivity contribution in [2.45, 2.75) is 20.3 Å². The van der Waals surface area contributed by atoms with Crippen molar-refractivity contribution in [3.63, 3.8) is 0 Å². The number of rotatable bonds is 5. The van der Waals surface area contributed by atoms with Crippen molar-refractivity contribution >= 4 is 29.0 Å². The van der Waals surface area contributed by atoms with E-state index >= 15 is 0 Å². The molecular formula is C16H19N3O2S. The van der Waals surface area contributed by atoms with Crippen LogP contribution in [-0.4, -0.2) is 35.3 Å². The number of aryl methyl sites for hydroxylation is 2. The Bertz CT molecular complexity index is 682. The topological polar surface area (TPSA) is 62.3 Å². The molecule has 2 aromatic rings. The van der Waals surface area contributed by atoms with Gasteiger partial charge in [-0.1, -0.05) is 6.07 Å². The second-order valence-corrected chi connectivity index (χ2v) is 6.52. The summed E-state index contributed by atoms with van der Waals surface area (Å²) in [5, 5.41) is 2.70. The van der Waals surface area contributed by atoms with Crippen molar-refractivity contribution in [1.29, 1.82) is 0 Å². The van der Waals surface area contributed by atoms with E-state index < -0.39 is 0 Å². The fraction of sp³-hybridized carbons (Fsp3) is 0.312. The Labute approximate surface area is 134 Å². The molecule has 0 aromatic carbocycles. The average Bonchev–Trinajstić information content (AvgIpc) is 2.83. The van der Waals surface area contributed by atoms with Crippen LogP contribution >= 0.6 is 11.3 Å². The van der Waals surface area contributed by atoms with E-state index in [4.69, 9.17) is 0 Å². The Morgan fingerprint density at radius 2 is 2.00 bits per heavy atom. The van der Waals surface area contributed by atoms with Crippen molar-refractivity contribution in [1.82, 2.24) is 9.88 Å². The van der Waals surface area contributed by atoms with Crippen LogP contribution < -0.4 is 5.32 Å². The van der Waals surface area contributed by atoms with Gasteiger partial charge in [-0.3, -0.25) is 9.59 Å². The molecule has 0 saturated heterocycles. The number of anilines is 1. The lowest BCUT2D eigenvalue weighted by molar-refractivity contribution is -0.132. The van der Waals surface area contributed by atoms with Crippen LogP contribution in [0.4, 0.5) is 5.82 Å². The van der Waals surface area contributed by atoms with Gasteiger partial charge < -0.3 is 10.2 Å². The summed E-state index contributed by atoms with van der Waals surface area (Å²) in [6.45, 7) is 3.87. The molecule has 2 amide bonds. The third-order valence-corrected chi connectivity index (χ3v) is 4.08. The highest BCUT2D eigenvalue weighted by atomic mass is 32.1. The van der Waals surface area contributed by atoms with Gasteiger partial charge in [-0.2, -0.15) is 0 Å². The van der Waals surface area contributed by atoms with Gasteiger partial charge in [0.05, 0.1) is 13.0 Å². The van der Waals surface area contributed by atoms with Gasteiger partial charge in [0.2, 0.25) is 11.8 Å². The molecule has 0 atom stereocenters. The summed E-state index contributed by atoms with van der Waals surface area (Å²) in [6, 6.07) is 9.34. The highest BCUT2D eigenvalue weighted by molar-refractivity contribution is 7.12. The maximum atomic E-state index is 12.1. The van der Waals surface area contributed by atoms with Crippen LogP contribution in [0.1, 0.15) is 15.4 Å². The summed E-state index contributed by atoms with van der Waals surface area (Å²) in [6.07, 6.45) is 0.324. The third-order valence-electron chi connectivity index (χ3n) is 3.08. The molecule has 5 nitrogen and oxygen atoms in total. The highest BCUT2D eigenvalue weighted by Crippen LogP contribution is 2.16. The fourth-order valence-electron chi connectivity index (χ4n) is 1.96. The maximum Gasteiger partial charge on any atom is 0.245 e. The molecule has 0 radical (unpaired) electrons. The summed E-state index contributed by atoms with van der Waals surface area (Å²) in [4.78, 5) is 31.9. The quantitative estimate of drug-likeness (QED) is 0.921. The minimum absolute atomic E-state index is 0.0127. The number of carbonyl (C=O) groups excluding carboxylic acids is 2. The monoisotopic (exact) mass is 317 g/mol. The van der Waals surface area contributed by atoms with Crippen LogP contribution in [-0.2, 0) is 16.0 Å². The number of hydrogen-bond donors (Lipinski definition) is 1. The van der Waals surface area contributed by atoms with E-state index in [1.807, 2.05) is 38.1 Å². The van der Waals surface area contributed by atoms with Crippen molar-refractivity contribution in [2.24, 2.45) is 0 Å². The van der Waals surface area contributed by atoms with Crippen LogP contribution in [0.3, 0.4) is 0 Å². The summed E-state index contributed by atoms with van der Waals surface area (Å²) in [7, 11) is 1.63. The standard InChI is InChI=1S/C16H19N3O2S/c1-11-5-4-6-14(17-11)18-15(20)10-19(3)16(21)9-13-8-7-12(2)22-13/h4-8H,9-10H2,1-3H3,(H,17,18,20). The Morgan fingerprint density at radius 1 is 1.23 bits per heavy atom. The molecule has 0 aliphatic carbocycles. The number of pyridine rings is 1. The maximum absolute atomic E-state index is 12.1. The van der Waals surface area contributed by atoms with E-state index in [9.17, 15) is 9.59 Å². The molecule has 2 aromatic heterocycles. The summed E-state index contributed by atoms with van der Waals surface area (Å²) < 4.78 is 0.